The summed E-state index contributed by atoms with van der Waals surface area (Å²) in [6.07, 6.45) is 3.06. The van der Waals surface area contributed by atoms with Crippen molar-refractivity contribution in [3.05, 3.63) is 82.9 Å². The molecule has 2 N–H and O–H groups in total. The summed E-state index contributed by atoms with van der Waals surface area (Å²) in [4.78, 5) is 31.7. The van der Waals surface area contributed by atoms with Crippen LogP contribution in [0.1, 0.15) is 28.2 Å². The van der Waals surface area contributed by atoms with E-state index in [4.69, 9.17) is 11.6 Å². The van der Waals surface area contributed by atoms with Crippen LogP contribution in [-0.2, 0) is 11.2 Å². The van der Waals surface area contributed by atoms with Crippen molar-refractivity contribution in [2.75, 3.05) is 0 Å². The topological polar surface area (TPSA) is 92.2 Å². The third kappa shape index (κ3) is 5.86. The summed E-state index contributed by atoms with van der Waals surface area (Å²) in [5.41, 5.74) is 3.22. The summed E-state index contributed by atoms with van der Waals surface area (Å²) >= 11 is 6.05. The zero-order valence-corrected chi connectivity index (χ0v) is 16.6. The first-order valence-electron chi connectivity index (χ1n) is 9.07. The Hall–Kier alpha value is -3.25. The van der Waals surface area contributed by atoms with E-state index in [-0.39, 0.29) is 6.42 Å². The van der Waals surface area contributed by atoms with Gasteiger partial charge in [0.05, 0.1) is 12.0 Å². The van der Waals surface area contributed by atoms with Crippen molar-refractivity contribution in [1.29, 1.82) is 0 Å². The molecule has 148 valence electrons. The number of aliphatic carboxylic acids is 1. The molecule has 6 nitrogen and oxygen atoms in total. The molecule has 0 radical (unpaired) electrons. The molecule has 1 amide bonds. The highest BCUT2D eigenvalue weighted by atomic mass is 35.5. The number of hydrogen-bond acceptors (Lipinski definition) is 4. The van der Waals surface area contributed by atoms with Crippen LogP contribution in [0.4, 0.5) is 0 Å². The maximum absolute atomic E-state index is 12.4. The molecule has 0 saturated carbocycles. The number of carboxylic acids is 1. The van der Waals surface area contributed by atoms with Gasteiger partial charge in [-0.15, -0.1) is 0 Å². The molecule has 0 unspecified atom stereocenters. The lowest BCUT2D eigenvalue weighted by Crippen LogP contribution is -2.38. The number of nitrogens with one attached hydrogen (secondary N) is 1. The van der Waals surface area contributed by atoms with Gasteiger partial charge in [-0.05, 0) is 42.2 Å². The van der Waals surface area contributed by atoms with Crippen molar-refractivity contribution < 1.29 is 14.7 Å². The molecule has 29 heavy (non-hydrogen) atoms. The van der Waals surface area contributed by atoms with Gasteiger partial charge in [0.1, 0.15) is 5.82 Å². The molecular weight excluding hydrogens is 390 g/mol. The van der Waals surface area contributed by atoms with Crippen LogP contribution < -0.4 is 5.32 Å². The lowest BCUT2D eigenvalue weighted by molar-refractivity contribution is -0.137. The van der Waals surface area contributed by atoms with Gasteiger partial charge in [-0.3, -0.25) is 9.59 Å². The number of hydrogen-bond donors (Lipinski definition) is 2. The minimum atomic E-state index is -0.981. The molecule has 0 spiro atoms. The largest absolute Gasteiger partial charge is 0.481 e. The zero-order chi connectivity index (χ0) is 20.8. The molecule has 0 saturated heterocycles. The Balaban J connectivity index is 1.71. The first-order chi connectivity index (χ1) is 13.9. The molecule has 0 fully saturated rings. The first kappa shape index (κ1) is 20.5. The molecule has 3 aromatic rings. The van der Waals surface area contributed by atoms with Gasteiger partial charge in [0.25, 0.3) is 5.91 Å². The predicted molar refractivity (Wildman–Crippen MR) is 111 cm³/mol. The average molecular weight is 410 g/mol. The fourth-order valence-corrected chi connectivity index (χ4v) is 3.14. The number of nitrogens with zero attached hydrogens (tertiary/aromatic N) is 2. The second kappa shape index (κ2) is 9.30. The summed E-state index contributed by atoms with van der Waals surface area (Å²) in [5, 5.41) is 12.6. The van der Waals surface area contributed by atoms with Gasteiger partial charge >= 0.3 is 5.97 Å². The van der Waals surface area contributed by atoms with Gasteiger partial charge in [0, 0.05) is 23.5 Å². The van der Waals surface area contributed by atoms with Crippen molar-refractivity contribution in [2.24, 2.45) is 0 Å². The number of aryl methyl sites for hydroxylation is 1. The van der Waals surface area contributed by atoms with Crippen LogP contribution in [0.5, 0.6) is 0 Å². The van der Waals surface area contributed by atoms with Crippen molar-refractivity contribution in [1.82, 2.24) is 15.3 Å². The van der Waals surface area contributed by atoms with E-state index in [9.17, 15) is 14.7 Å². The van der Waals surface area contributed by atoms with Gasteiger partial charge < -0.3 is 10.4 Å². The highest BCUT2D eigenvalue weighted by Crippen LogP contribution is 2.23. The number of amides is 1. The van der Waals surface area contributed by atoms with Crippen molar-refractivity contribution in [3.8, 4) is 11.1 Å². The summed E-state index contributed by atoms with van der Waals surface area (Å²) in [6, 6.07) is 14.8. The lowest BCUT2D eigenvalue weighted by atomic mass is 9.99. The van der Waals surface area contributed by atoms with Gasteiger partial charge in [0.15, 0.2) is 0 Å². The average Bonchev–Trinajstić information content (AvgIpc) is 2.68. The van der Waals surface area contributed by atoms with Crippen LogP contribution in [-0.4, -0.2) is 33.0 Å². The van der Waals surface area contributed by atoms with E-state index in [1.807, 2.05) is 48.5 Å². The number of halogens is 1. The molecular formula is C22H20ClN3O3. The van der Waals surface area contributed by atoms with Gasteiger partial charge in [-0.25, -0.2) is 9.97 Å². The van der Waals surface area contributed by atoms with Crippen LogP contribution in [0.25, 0.3) is 11.1 Å². The Morgan fingerprint density at radius 3 is 2.38 bits per heavy atom. The minimum Gasteiger partial charge on any atom is -0.481 e. The smallest absolute Gasteiger partial charge is 0.305 e. The maximum atomic E-state index is 12.4. The van der Waals surface area contributed by atoms with Crippen LogP contribution in [0.15, 0.2) is 60.9 Å². The summed E-state index contributed by atoms with van der Waals surface area (Å²) in [6.45, 7) is 1.72. The van der Waals surface area contributed by atoms with Crippen LogP contribution >= 0.6 is 11.6 Å². The van der Waals surface area contributed by atoms with Crippen LogP contribution in [0.2, 0.25) is 5.02 Å². The number of carbonyl (C=O) groups excluding carboxylic acids is 1. The molecule has 0 aliphatic heterocycles. The van der Waals surface area contributed by atoms with Gasteiger partial charge in [-0.2, -0.15) is 0 Å². The van der Waals surface area contributed by atoms with Gasteiger partial charge in [-0.1, -0.05) is 48.0 Å². The number of benzene rings is 2. The van der Waals surface area contributed by atoms with Crippen molar-refractivity contribution >= 4 is 23.5 Å². The lowest BCUT2D eigenvalue weighted by Gasteiger charge is -2.17. The summed E-state index contributed by atoms with van der Waals surface area (Å²) in [5.74, 6) is -0.818. The van der Waals surface area contributed by atoms with Crippen LogP contribution in [0, 0.1) is 6.92 Å². The molecule has 0 aliphatic rings. The Labute approximate surface area is 173 Å². The van der Waals surface area contributed by atoms with E-state index in [0.29, 0.717) is 22.8 Å². The third-order valence-corrected chi connectivity index (χ3v) is 4.63. The predicted octanol–water partition coefficient (Wildman–Crippen LogP) is 3.92. The fourth-order valence-electron chi connectivity index (χ4n) is 2.95. The maximum Gasteiger partial charge on any atom is 0.305 e. The molecule has 0 bridgehead atoms. The van der Waals surface area contributed by atoms with E-state index < -0.39 is 17.9 Å². The van der Waals surface area contributed by atoms with E-state index in [0.717, 1.165) is 16.7 Å². The Morgan fingerprint density at radius 2 is 1.76 bits per heavy atom. The zero-order valence-electron chi connectivity index (χ0n) is 15.8. The quantitative estimate of drug-likeness (QED) is 0.617. The van der Waals surface area contributed by atoms with Gasteiger partial charge in [0.2, 0.25) is 0 Å². The minimum absolute atomic E-state index is 0.186. The summed E-state index contributed by atoms with van der Waals surface area (Å²) < 4.78 is 0. The highest BCUT2D eigenvalue weighted by molar-refractivity contribution is 6.30. The number of rotatable bonds is 7. The highest BCUT2D eigenvalue weighted by Gasteiger charge is 2.18. The fraction of sp³-hybridized carbons (Fsp3) is 0.182. The SMILES string of the molecule is Cc1ncc(C(=O)N[C@@H](CC(=O)O)Cc2ccc(-c3cccc(Cl)c3)cc2)cn1. The molecule has 1 atom stereocenters. The second-order valence-electron chi connectivity index (χ2n) is 6.70. The molecule has 1 heterocycles. The standard InChI is InChI=1S/C22H20ClN3O3/c1-14-24-12-18(13-25-14)22(29)26-20(11-21(27)28)9-15-5-7-16(8-6-15)17-3-2-4-19(23)10-17/h2-8,10,12-13,20H,9,11H2,1H3,(H,26,29)(H,27,28)/t20-/m1/s1. The number of carboxylic acid groups (broad SMARTS) is 1. The van der Waals surface area contributed by atoms with Crippen molar-refractivity contribution in [2.45, 2.75) is 25.8 Å². The molecule has 0 aliphatic carbocycles. The molecule has 3 rings (SSSR count). The molecule has 7 heteroatoms. The van der Waals surface area contributed by atoms with E-state index in [1.165, 1.54) is 12.4 Å². The molecule has 2 aromatic carbocycles. The van der Waals surface area contributed by atoms with Crippen LogP contribution in [0.3, 0.4) is 0 Å². The Kier molecular flexibility index (Phi) is 6.57. The van der Waals surface area contributed by atoms with E-state index in [2.05, 4.69) is 15.3 Å². The Morgan fingerprint density at radius 1 is 1.07 bits per heavy atom. The second-order valence-corrected chi connectivity index (χ2v) is 7.14. The normalized spacial score (nSPS) is 11.7. The third-order valence-electron chi connectivity index (χ3n) is 4.39. The Bertz CT molecular complexity index is 1000. The van der Waals surface area contributed by atoms with Crippen molar-refractivity contribution in [3.63, 3.8) is 0 Å². The number of carbonyl (C=O) groups is 2. The first-order valence-corrected chi connectivity index (χ1v) is 9.44. The molecule has 1 aromatic heterocycles. The number of aromatic nitrogens is 2. The monoisotopic (exact) mass is 409 g/mol. The summed E-state index contributed by atoms with van der Waals surface area (Å²) in [7, 11) is 0. The van der Waals surface area contributed by atoms with E-state index >= 15 is 0 Å². The van der Waals surface area contributed by atoms with E-state index in [1.54, 1.807) is 6.92 Å².